The maximum absolute atomic E-state index is 7.05. The molecule has 0 N–H and O–H groups in total. The van der Waals surface area contributed by atoms with Gasteiger partial charge in [0, 0.05) is 59.9 Å². The van der Waals surface area contributed by atoms with E-state index < -0.39 is 0 Å². The van der Waals surface area contributed by atoms with Crippen LogP contribution in [0.25, 0.3) is 75.1 Å². The zero-order valence-electron chi connectivity index (χ0n) is 33.9. The van der Waals surface area contributed by atoms with Crippen molar-refractivity contribution in [2.24, 2.45) is 0 Å². The first-order chi connectivity index (χ1) is 31.3. The fourth-order valence-electron chi connectivity index (χ4n) is 9.68. The molecule has 0 bridgehead atoms. The second kappa shape index (κ2) is 14.2. The average Bonchev–Trinajstić information content (AvgIpc) is 3.93. The molecular formula is C58H36N2O2S. The minimum Gasteiger partial charge on any atom is -0.456 e. The van der Waals surface area contributed by atoms with Crippen molar-refractivity contribution in [1.82, 2.24) is 0 Å². The molecule has 0 saturated heterocycles. The number of fused-ring (bicyclic) bond motifs is 8. The van der Waals surface area contributed by atoms with Crippen molar-refractivity contribution >= 4 is 98.3 Å². The molecule has 0 unspecified atom stereocenters. The van der Waals surface area contributed by atoms with E-state index in [0.717, 1.165) is 101 Å². The molecule has 0 saturated carbocycles. The predicted molar refractivity (Wildman–Crippen MR) is 264 cm³/mol. The molecule has 296 valence electrons. The van der Waals surface area contributed by atoms with Crippen LogP contribution < -0.4 is 14.5 Å². The molecule has 1 aliphatic heterocycles. The van der Waals surface area contributed by atoms with Crippen molar-refractivity contribution in [2.75, 3.05) is 9.80 Å². The third kappa shape index (κ3) is 5.60. The second-order valence-corrected chi connectivity index (χ2v) is 17.0. The maximum Gasteiger partial charge on any atom is 0.159 e. The van der Waals surface area contributed by atoms with Gasteiger partial charge in [-0.1, -0.05) is 146 Å². The van der Waals surface area contributed by atoms with Gasteiger partial charge in [-0.25, -0.2) is 0 Å². The standard InChI is InChI=1S/C58H36N2O2S/c1-3-16-37(17-4-1)40-20-7-10-26-48(40)60(50-27-13-23-45-41-21-8-11-29-52(41)62-57(45)50)39-32-33-42-44-34-35-49(47-25-15-30-53(56(44)47)61-54(42)36-39)59(38-18-5-2-6-19-38)51-28-14-24-46-43-22-9-12-31-55(43)63-58(46)51/h1-36H. The Bertz CT molecular complexity index is 3740. The SMILES string of the molecule is c1ccc(-c2ccccc2N(c2ccc3c(c2)Oc2cccc4c(N(c5ccccc5)c5cccc6c5sc5ccccc56)ccc-3c24)c2cccc3c2oc2ccccc23)cc1. The van der Waals surface area contributed by atoms with Crippen molar-refractivity contribution in [1.29, 1.82) is 0 Å². The first-order valence-electron chi connectivity index (χ1n) is 21.3. The zero-order chi connectivity index (χ0) is 41.4. The number of para-hydroxylation sites is 4. The van der Waals surface area contributed by atoms with Gasteiger partial charge >= 0.3 is 0 Å². The highest BCUT2D eigenvalue weighted by Crippen LogP contribution is 2.54. The minimum atomic E-state index is 0.800. The lowest BCUT2D eigenvalue weighted by Gasteiger charge is -2.31. The summed E-state index contributed by atoms with van der Waals surface area (Å²) >= 11 is 1.85. The summed E-state index contributed by atoms with van der Waals surface area (Å²) in [7, 11) is 0. The van der Waals surface area contributed by atoms with Crippen molar-refractivity contribution < 1.29 is 9.15 Å². The zero-order valence-corrected chi connectivity index (χ0v) is 34.7. The van der Waals surface area contributed by atoms with Crippen LogP contribution in [-0.2, 0) is 0 Å². The molecule has 3 heterocycles. The van der Waals surface area contributed by atoms with Crippen LogP contribution >= 0.6 is 11.3 Å². The van der Waals surface area contributed by atoms with Crippen LogP contribution in [0.5, 0.6) is 11.5 Å². The fourth-order valence-corrected chi connectivity index (χ4v) is 10.9. The van der Waals surface area contributed by atoms with E-state index in [0.29, 0.717) is 0 Å². The van der Waals surface area contributed by atoms with Gasteiger partial charge in [0.15, 0.2) is 5.58 Å². The van der Waals surface area contributed by atoms with E-state index in [4.69, 9.17) is 9.15 Å². The number of benzene rings is 10. The first-order valence-corrected chi connectivity index (χ1v) is 22.1. The number of ether oxygens (including phenoxy) is 1. The molecule has 0 atom stereocenters. The molecule has 4 nitrogen and oxygen atoms in total. The Balaban J connectivity index is 0.996. The molecule has 0 aliphatic carbocycles. The third-order valence-electron chi connectivity index (χ3n) is 12.4. The molecule has 12 aromatic rings. The number of rotatable bonds is 7. The molecule has 1 aliphatic rings. The summed E-state index contributed by atoms with van der Waals surface area (Å²) < 4.78 is 16.3. The highest BCUT2D eigenvalue weighted by atomic mass is 32.1. The van der Waals surface area contributed by atoms with Gasteiger partial charge in [0.1, 0.15) is 17.1 Å². The topological polar surface area (TPSA) is 28.9 Å². The van der Waals surface area contributed by atoms with Gasteiger partial charge in [-0.05, 0) is 77.9 Å². The Hall–Kier alpha value is -8.12. The largest absolute Gasteiger partial charge is 0.456 e. The Kier molecular flexibility index (Phi) is 8.05. The van der Waals surface area contributed by atoms with E-state index in [1.165, 1.54) is 20.2 Å². The van der Waals surface area contributed by atoms with Gasteiger partial charge in [-0.2, -0.15) is 0 Å². The van der Waals surface area contributed by atoms with E-state index in [2.05, 4.69) is 216 Å². The average molecular weight is 825 g/mol. The summed E-state index contributed by atoms with van der Waals surface area (Å²) in [5, 5.41) is 6.93. The van der Waals surface area contributed by atoms with Gasteiger partial charge in [-0.3, -0.25) is 0 Å². The van der Waals surface area contributed by atoms with Crippen molar-refractivity contribution in [2.45, 2.75) is 0 Å². The van der Waals surface area contributed by atoms with Crippen LogP contribution in [0, 0.1) is 0 Å². The predicted octanol–water partition coefficient (Wildman–Crippen LogP) is 17.5. The molecule has 0 fully saturated rings. The number of furan rings is 1. The van der Waals surface area contributed by atoms with Crippen LogP contribution in [-0.4, -0.2) is 0 Å². The monoisotopic (exact) mass is 824 g/mol. The summed E-state index contributed by atoms with van der Waals surface area (Å²) in [6.45, 7) is 0. The summed E-state index contributed by atoms with van der Waals surface area (Å²) in [4.78, 5) is 4.74. The number of hydrogen-bond acceptors (Lipinski definition) is 5. The highest BCUT2D eigenvalue weighted by molar-refractivity contribution is 7.26. The number of thiophene rings is 1. The Morgan fingerprint density at radius 2 is 1.02 bits per heavy atom. The lowest BCUT2D eigenvalue weighted by atomic mass is 9.92. The van der Waals surface area contributed by atoms with E-state index in [9.17, 15) is 0 Å². The third-order valence-corrected chi connectivity index (χ3v) is 13.7. The molecule has 63 heavy (non-hydrogen) atoms. The fraction of sp³-hybridized carbons (Fsp3) is 0. The molecule has 10 aromatic carbocycles. The van der Waals surface area contributed by atoms with Crippen LogP contribution in [0.15, 0.2) is 223 Å². The van der Waals surface area contributed by atoms with Gasteiger partial charge in [-0.15, -0.1) is 11.3 Å². The van der Waals surface area contributed by atoms with Crippen molar-refractivity contribution in [3.05, 3.63) is 218 Å². The van der Waals surface area contributed by atoms with Gasteiger partial charge in [0.2, 0.25) is 0 Å². The Morgan fingerprint density at radius 1 is 0.365 bits per heavy atom. The van der Waals surface area contributed by atoms with Crippen LogP contribution in [0.1, 0.15) is 0 Å². The maximum atomic E-state index is 7.05. The number of nitrogens with zero attached hydrogens (tertiary/aromatic N) is 2. The van der Waals surface area contributed by atoms with Crippen molar-refractivity contribution in [3.8, 4) is 33.8 Å². The lowest BCUT2D eigenvalue weighted by molar-refractivity contribution is 0.487. The summed E-state index contributed by atoms with van der Waals surface area (Å²) in [6.07, 6.45) is 0. The summed E-state index contributed by atoms with van der Waals surface area (Å²) in [5.74, 6) is 1.63. The second-order valence-electron chi connectivity index (χ2n) is 16.0. The Morgan fingerprint density at radius 3 is 1.90 bits per heavy atom. The highest BCUT2D eigenvalue weighted by Gasteiger charge is 2.28. The summed E-state index contributed by atoms with van der Waals surface area (Å²) in [5.41, 5.74) is 12.4. The quantitative estimate of drug-likeness (QED) is 0.160. The summed E-state index contributed by atoms with van der Waals surface area (Å²) in [6, 6.07) is 77.6. The van der Waals surface area contributed by atoms with E-state index >= 15 is 0 Å². The van der Waals surface area contributed by atoms with Gasteiger partial charge < -0.3 is 19.0 Å². The van der Waals surface area contributed by atoms with Crippen LogP contribution in [0.3, 0.4) is 0 Å². The lowest BCUT2D eigenvalue weighted by Crippen LogP contribution is -2.12. The smallest absolute Gasteiger partial charge is 0.159 e. The van der Waals surface area contributed by atoms with E-state index in [-0.39, 0.29) is 0 Å². The molecular weight excluding hydrogens is 789 g/mol. The molecule has 0 spiro atoms. The number of hydrogen-bond donors (Lipinski definition) is 0. The van der Waals surface area contributed by atoms with Crippen molar-refractivity contribution in [3.63, 3.8) is 0 Å². The molecule has 2 aromatic heterocycles. The van der Waals surface area contributed by atoms with Crippen LogP contribution in [0.2, 0.25) is 0 Å². The molecule has 13 rings (SSSR count). The van der Waals surface area contributed by atoms with E-state index in [1.807, 2.05) is 23.5 Å². The number of anilines is 6. The first kappa shape index (κ1) is 35.6. The molecule has 0 radical (unpaired) electrons. The Labute approximate surface area is 367 Å². The minimum absolute atomic E-state index is 0.800. The van der Waals surface area contributed by atoms with Crippen LogP contribution in [0.4, 0.5) is 34.1 Å². The normalized spacial score (nSPS) is 11.9. The van der Waals surface area contributed by atoms with E-state index in [1.54, 1.807) is 0 Å². The van der Waals surface area contributed by atoms with Gasteiger partial charge in [0.25, 0.3) is 0 Å². The van der Waals surface area contributed by atoms with Gasteiger partial charge in [0.05, 0.1) is 33.1 Å². The molecule has 5 heteroatoms. The molecule has 0 amide bonds.